The highest BCUT2D eigenvalue weighted by molar-refractivity contribution is 7.80. The van der Waals surface area contributed by atoms with Crippen molar-refractivity contribution in [1.29, 1.82) is 0 Å². The molecule has 0 spiro atoms. The minimum absolute atomic E-state index is 0.00551. The first-order valence-electron chi connectivity index (χ1n) is 19.1. The predicted molar refractivity (Wildman–Crippen MR) is 201 cm³/mol. The predicted octanol–water partition coefficient (Wildman–Crippen LogP) is 5.67. The number of thiol groups is 1. The van der Waals surface area contributed by atoms with E-state index in [-0.39, 0.29) is 114 Å². The lowest BCUT2D eigenvalue weighted by Crippen LogP contribution is -2.50. The second kappa shape index (κ2) is 29.0. The Morgan fingerprint density at radius 2 is 1.07 bits per heavy atom. The van der Waals surface area contributed by atoms with Gasteiger partial charge in [-0.3, -0.25) is 24.0 Å². The first-order valence-corrected chi connectivity index (χ1v) is 19.7. The monoisotopic (exact) mass is 827 g/mol. The fourth-order valence-electron chi connectivity index (χ4n) is 5.22. The lowest BCUT2D eigenvalue weighted by molar-refractivity contribution is -0.136. The lowest BCUT2D eigenvalue weighted by Gasteiger charge is -2.35. The Labute approximate surface area is 331 Å². The van der Waals surface area contributed by atoms with Gasteiger partial charge in [0.2, 0.25) is 52.6 Å². The molecule has 0 aliphatic heterocycles. The average molecular weight is 828 g/mol. The molecule has 12 nitrogen and oxygen atoms in total. The van der Waals surface area contributed by atoms with Crippen LogP contribution in [-0.4, -0.2) is 93.5 Å². The van der Waals surface area contributed by atoms with Gasteiger partial charge in [-0.15, -0.1) is 0 Å². The Morgan fingerprint density at radius 3 is 1.57 bits per heavy atom. The van der Waals surface area contributed by atoms with Crippen molar-refractivity contribution in [3.05, 3.63) is 29.1 Å². The van der Waals surface area contributed by atoms with Crippen molar-refractivity contribution >= 4 is 42.1 Å². The van der Waals surface area contributed by atoms with Crippen LogP contribution in [0.1, 0.15) is 104 Å². The molecule has 1 aromatic rings. The van der Waals surface area contributed by atoms with E-state index in [4.69, 9.17) is 14.2 Å². The van der Waals surface area contributed by atoms with Gasteiger partial charge in [-0.2, -0.15) is 21.4 Å². The first-order chi connectivity index (χ1) is 26.7. The van der Waals surface area contributed by atoms with E-state index >= 15 is 0 Å². The number of amides is 3. The minimum Gasteiger partial charge on any atom is -0.420 e. The quantitative estimate of drug-likeness (QED) is 0.0137. The average Bonchev–Trinajstić information content (AvgIpc) is 3.17. The van der Waals surface area contributed by atoms with E-state index in [2.05, 4.69) is 40.2 Å². The van der Waals surface area contributed by atoms with E-state index in [9.17, 15) is 45.9 Å². The fraction of sp³-hybridized carbons (Fsp3) is 0.711. The molecule has 0 saturated heterocycles. The molecule has 0 bridgehead atoms. The zero-order valence-electron chi connectivity index (χ0n) is 32.6. The molecular formula is C38H58F5N3O9S. The largest absolute Gasteiger partial charge is 0.420 e. The summed E-state index contributed by atoms with van der Waals surface area (Å²) in [5.74, 6) is -14.6. The van der Waals surface area contributed by atoms with Gasteiger partial charge < -0.3 is 34.9 Å². The number of hydrogen-bond donors (Lipinski definition) is 4. The van der Waals surface area contributed by atoms with Gasteiger partial charge in [0.1, 0.15) is 5.78 Å². The summed E-state index contributed by atoms with van der Waals surface area (Å²) in [5, 5.41) is 8.83. The van der Waals surface area contributed by atoms with Gasteiger partial charge >= 0.3 is 5.97 Å². The molecule has 18 heteroatoms. The van der Waals surface area contributed by atoms with Crippen LogP contribution in [0.3, 0.4) is 0 Å². The van der Waals surface area contributed by atoms with Gasteiger partial charge in [-0.1, -0.05) is 33.6 Å². The highest BCUT2D eigenvalue weighted by atomic mass is 32.1. The molecule has 0 saturated carbocycles. The van der Waals surface area contributed by atoms with Crippen molar-refractivity contribution in [2.45, 2.75) is 110 Å². The summed E-state index contributed by atoms with van der Waals surface area (Å²) >= 11 is 4.19. The number of unbranched alkanes of at least 4 members (excludes halogenated alkanes) is 3. The summed E-state index contributed by atoms with van der Waals surface area (Å²) in [5.41, 5.74) is -0.992. The van der Waals surface area contributed by atoms with Crippen molar-refractivity contribution in [2.75, 3.05) is 58.5 Å². The van der Waals surface area contributed by atoms with Gasteiger partial charge in [-0.05, 0) is 44.3 Å². The van der Waals surface area contributed by atoms with Crippen LogP contribution < -0.4 is 20.7 Å². The number of nitrogens with one attached hydrogen (secondary N) is 3. The molecule has 1 rings (SSSR count). The van der Waals surface area contributed by atoms with Crippen LogP contribution in [0.15, 0.2) is 0 Å². The first kappa shape index (κ1) is 50.7. The summed E-state index contributed by atoms with van der Waals surface area (Å²) in [6.07, 6.45) is 4.98. The Morgan fingerprint density at radius 1 is 0.607 bits per heavy atom. The Bertz CT molecular complexity index is 1330. The Hall–Kier alpha value is -3.35. The number of carbonyl (C=O) groups is 5. The topological polar surface area (TPSA) is 158 Å². The standard InChI is InChI=1S/C38H58F5N3O9S/c1-4-5-6-17-44-28(48)10-15-38(14-9-27(47)26(2)3,16-11-29(49)45-18-7-8-25-56)46-30(50)12-19-52-21-23-54-24-22-53-20-13-31(51)55-37-35(42)33(40)32(39)34(41)36(37)43/h26,56H,4-25H2,1-3H3,(H,44,48)(H,45,49)(H,46,50). The van der Waals surface area contributed by atoms with E-state index in [1.54, 1.807) is 13.8 Å². The van der Waals surface area contributed by atoms with E-state index in [0.717, 1.165) is 32.1 Å². The zero-order chi connectivity index (χ0) is 41.9. The van der Waals surface area contributed by atoms with Crippen molar-refractivity contribution in [3.8, 4) is 5.75 Å². The Kier molecular flexibility index (Phi) is 26.2. The van der Waals surface area contributed by atoms with E-state index in [1.807, 2.05) is 0 Å². The molecule has 0 radical (unpaired) electrons. The molecule has 3 amide bonds. The van der Waals surface area contributed by atoms with Crippen molar-refractivity contribution < 1.29 is 64.9 Å². The summed E-state index contributed by atoms with van der Waals surface area (Å²) < 4.78 is 87.4. The number of benzene rings is 1. The van der Waals surface area contributed by atoms with Crippen molar-refractivity contribution in [2.24, 2.45) is 5.92 Å². The molecule has 1 aromatic carbocycles. The number of halogens is 5. The number of esters is 1. The van der Waals surface area contributed by atoms with Gasteiger partial charge in [0.25, 0.3) is 0 Å². The second-order valence-electron chi connectivity index (χ2n) is 13.5. The van der Waals surface area contributed by atoms with Gasteiger partial charge in [0.15, 0.2) is 0 Å². The normalized spacial score (nSPS) is 12.3. The smallest absolute Gasteiger partial charge is 0.313 e. The summed E-state index contributed by atoms with van der Waals surface area (Å²) in [6.45, 7) is 6.70. The molecule has 0 fully saturated rings. The lowest BCUT2D eigenvalue weighted by atomic mass is 9.81. The molecule has 0 heterocycles. The second-order valence-corrected chi connectivity index (χ2v) is 13.9. The summed E-state index contributed by atoms with van der Waals surface area (Å²) in [6, 6.07) is 0. The van der Waals surface area contributed by atoms with E-state index < -0.39 is 52.8 Å². The molecule has 0 aliphatic carbocycles. The number of ether oxygens (including phenoxy) is 4. The molecule has 1 atom stereocenters. The molecule has 1 unspecified atom stereocenters. The molecule has 0 aromatic heterocycles. The maximum atomic E-state index is 13.7. The number of ketones is 1. The van der Waals surface area contributed by atoms with Crippen LogP contribution in [-0.2, 0) is 38.2 Å². The third kappa shape index (κ3) is 20.7. The van der Waals surface area contributed by atoms with Crippen molar-refractivity contribution in [1.82, 2.24) is 16.0 Å². The summed E-state index contributed by atoms with van der Waals surface area (Å²) in [4.78, 5) is 63.2. The molecule has 3 N–H and O–H groups in total. The number of Topliss-reactive ketones (excluding diaryl/α,β-unsaturated/α-hetero) is 1. The van der Waals surface area contributed by atoms with Crippen LogP contribution >= 0.6 is 12.6 Å². The molecule has 56 heavy (non-hydrogen) atoms. The van der Waals surface area contributed by atoms with Gasteiger partial charge in [0, 0.05) is 50.2 Å². The maximum Gasteiger partial charge on any atom is 0.313 e. The highest BCUT2D eigenvalue weighted by Gasteiger charge is 2.34. The minimum atomic E-state index is -2.37. The molecular weight excluding hydrogens is 769 g/mol. The van der Waals surface area contributed by atoms with Gasteiger partial charge in [0.05, 0.1) is 46.1 Å². The molecule has 320 valence electrons. The van der Waals surface area contributed by atoms with Crippen LogP contribution in [0.4, 0.5) is 22.0 Å². The number of hydrogen-bond acceptors (Lipinski definition) is 10. The van der Waals surface area contributed by atoms with E-state index in [0.29, 0.717) is 18.8 Å². The molecule has 0 aliphatic rings. The van der Waals surface area contributed by atoms with Gasteiger partial charge in [-0.25, -0.2) is 13.2 Å². The number of rotatable bonds is 32. The van der Waals surface area contributed by atoms with Crippen LogP contribution in [0.25, 0.3) is 0 Å². The Balaban J connectivity index is 2.60. The maximum absolute atomic E-state index is 13.7. The van der Waals surface area contributed by atoms with Crippen LogP contribution in [0.2, 0.25) is 0 Å². The third-order valence-electron chi connectivity index (χ3n) is 8.62. The van der Waals surface area contributed by atoms with Crippen LogP contribution in [0.5, 0.6) is 5.75 Å². The van der Waals surface area contributed by atoms with Crippen LogP contribution in [0, 0.1) is 35.0 Å². The SMILES string of the molecule is CCCCCNC(=O)CCC(CCC(=O)NCCCCS)(CCC(=O)C(C)C)NC(=O)CCOCCOCCOCCC(=O)Oc1c(F)c(F)c(F)c(F)c1F. The number of carbonyl (C=O) groups excluding carboxylic acids is 5. The third-order valence-corrected chi connectivity index (χ3v) is 8.94. The fourth-order valence-corrected chi connectivity index (χ4v) is 5.45. The zero-order valence-corrected chi connectivity index (χ0v) is 33.5. The van der Waals surface area contributed by atoms with Crippen molar-refractivity contribution in [3.63, 3.8) is 0 Å². The summed E-state index contributed by atoms with van der Waals surface area (Å²) in [7, 11) is 0. The highest BCUT2D eigenvalue weighted by Crippen LogP contribution is 2.30. The van der Waals surface area contributed by atoms with E-state index in [1.165, 1.54) is 0 Å².